The van der Waals surface area contributed by atoms with Gasteiger partial charge in [0.25, 0.3) is 0 Å². The average Bonchev–Trinajstić information content (AvgIpc) is 2.10. The molecule has 0 aromatic carbocycles. The molecule has 1 N–H and O–H groups in total. The first kappa shape index (κ1) is 11.1. The number of allylic oxidation sites excluding steroid dienone is 2. The maximum Gasteiger partial charge on any atom is 0.0496 e. The van der Waals surface area contributed by atoms with E-state index in [4.69, 9.17) is 5.41 Å². The van der Waals surface area contributed by atoms with E-state index in [1.165, 1.54) is 6.21 Å². The third-order valence-corrected chi connectivity index (χ3v) is 2.08. The lowest BCUT2D eigenvalue weighted by molar-refractivity contribution is 0.473. The van der Waals surface area contributed by atoms with E-state index >= 15 is 0 Å². The van der Waals surface area contributed by atoms with Gasteiger partial charge >= 0.3 is 0 Å². The molecule has 0 rings (SSSR count). The molecular formula is C10H18N2. The van der Waals surface area contributed by atoms with Crippen LogP contribution >= 0.6 is 0 Å². The summed E-state index contributed by atoms with van der Waals surface area (Å²) < 4.78 is 0. The summed E-state index contributed by atoms with van der Waals surface area (Å²) in [5, 5.41) is 6.74. The Morgan fingerprint density at radius 3 is 2.50 bits per heavy atom. The van der Waals surface area contributed by atoms with Crippen LogP contribution in [0.5, 0.6) is 0 Å². The SMILES string of the molecule is CCC(C)[C@H](C)N=C/C=C/C=N. The molecule has 68 valence electrons. The van der Waals surface area contributed by atoms with E-state index in [-0.39, 0.29) is 0 Å². The van der Waals surface area contributed by atoms with Crippen molar-refractivity contribution in [2.45, 2.75) is 33.2 Å². The molecule has 0 saturated heterocycles. The molecular weight excluding hydrogens is 148 g/mol. The lowest BCUT2D eigenvalue weighted by atomic mass is 10.0. The Morgan fingerprint density at radius 2 is 2.00 bits per heavy atom. The van der Waals surface area contributed by atoms with Gasteiger partial charge in [0, 0.05) is 18.5 Å². The fourth-order valence-corrected chi connectivity index (χ4v) is 0.779. The first-order chi connectivity index (χ1) is 5.72. The Morgan fingerprint density at radius 1 is 1.33 bits per heavy atom. The van der Waals surface area contributed by atoms with Crippen LogP contribution in [0, 0.1) is 11.3 Å². The van der Waals surface area contributed by atoms with Gasteiger partial charge in [0.2, 0.25) is 0 Å². The molecule has 12 heavy (non-hydrogen) atoms. The van der Waals surface area contributed by atoms with Crippen LogP contribution in [0.3, 0.4) is 0 Å². The average molecular weight is 166 g/mol. The largest absolute Gasteiger partial charge is 0.309 e. The summed E-state index contributed by atoms with van der Waals surface area (Å²) >= 11 is 0. The zero-order chi connectivity index (χ0) is 9.40. The second-order valence-electron chi connectivity index (χ2n) is 2.98. The number of nitrogens with one attached hydrogen (secondary N) is 1. The second kappa shape index (κ2) is 6.77. The second-order valence-corrected chi connectivity index (χ2v) is 2.98. The summed E-state index contributed by atoms with van der Waals surface area (Å²) in [4.78, 5) is 4.32. The molecule has 0 aromatic rings. The van der Waals surface area contributed by atoms with E-state index < -0.39 is 0 Å². The molecule has 0 saturated carbocycles. The van der Waals surface area contributed by atoms with Gasteiger partial charge in [-0.25, -0.2) is 0 Å². The maximum atomic E-state index is 6.74. The number of hydrogen-bond donors (Lipinski definition) is 1. The molecule has 0 bridgehead atoms. The number of rotatable bonds is 5. The van der Waals surface area contributed by atoms with E-state index in [1.807, 2.05) is 0 Å². The van der Waals surface area contributed by atoms with Crippen molar-refractivity contribution in [2.75, 3.05) is 0 Å². The normalized spacial score (nSPS) is 16.9. The number of nitrogens with zero attached hydrogens (tertiary/aromatic N) is 1. The molecule has 1 unspecified atom stereocenters. The van der Waals surface area contributed by atoms with E-state index in [9.17, 15) is 0 Å². The standard InChI is InChI=1S/C10H18N2/c1-4-9(2)10(3)12-8-6-5-7-11/h5-11H,4H2,1-3H3/b6-5+,11-7?,12-8?/t9?,10-/m0/s1. The first-order valence-corrected chi connectivity index (χ1v) is 4.41. The van der Waals surface area contributed by atoms with Gasteiger partial charge in [0.15, 0.2) is 0 Å². The summed E-state index contributed by atoms with van der Waals surface area (Å²) in [7, 11) is 0. The summed E-state index contributed by atoms with van der Waals surface area (Å²) in [5.41, 5.74) is 0. The molecule has 0 spiro atoms. The lowest BCUT2D eigenvalue weighted by Crippen LogP contribution is -2.09. The minimum atomic E-state index is 0.380. The minimum Gasteiger partial charge on any atom is -0.309 e. The van der Waals surface area contributed by atoms with Crippen molar-refractivity contribution in [3.63, 3.8) is 0 Å². The molecule has 0 aliphatic rings. The highest BCUT2D eigenvalue weighted by Gasteiger charge is 2.05. The zero-order valence-electron chi connectivity index (χ0n) is 8.12. The Kier molecular flexibility index (Phi) is 6.25. The smallest absolute Gasteiger partial charge is 0.0496 e. The molecule has 2 nitrogen and oxygen atoms in total. The molecule has 0 heterocycles. The van der Waals surface area contributed by atoms with Gasteiger partial charge in [0.05, 0.1) is 0 Å². The van der Waals surface area contributed by atoms with Crippen molar-refractivity contribution in [1.29, 1.82) is 5.41 Å². The van der Waals surface area contributed by atoms with Gasteiger partial charge in [-0.15, -0.1) is 0 Å². The van der Waals surface area contributed by atoms with E-state index in [2.05, 4.69) is 25.8 Å². The van der Waals surface area contributed by atoms with Gasteiger partial charge in [-0.2, -0.15) is 0 Å². The molecule has 0 aromatic heterocycles. The van der Waals surface area contributed by atoms with Crippen LogP contribution in [0.15, 0.2) is 17.1 Å². The highest BCUT2D eigenvalue weighted by Crippen LogP contribution is 2.09. The Hall–Kier alpha value is -0.920. The van der Waals surface area contributed by atoms with Crippen molar-refractivity contribution in [3.8, 4) is 0 Å². The van der Waals surface area contributed by atoms with Gasteiger partial charge in [-0.3, -0.25) is 4.99 Å². The Bertz CT molecular complexity index is 171. The van der Waals surface area contributed by atoms with Crippen LogP contribution < -0.4 is 0 Å². The molecule has 0 fully saturated rings. The summed E-state index contributed by atoms with van der Waals surface area (Å²) in [6, 6.07) is 0.380. The highest BCUT2D eigenvalue weighted by molar-refractivity contribution is 5.79. The molecule has 0 aliphatic heterocycles. The van der Waals surface area contributed by atoms with E-state index in [0.717, 1.165) is 6.42 Å². The minimum absolute atomic E-state index is 0.380. The van der Waals surface area contributed by atoms with Gasteiger partial charge in [-0.1, -0.05) is 20.3 Å². The Labute approximate surface area is 74.9 Å². The predicted octanol–water partition coefficient (Wildman–Crippen LogP) is 2.70. The van der Waals surface area contributed by atoms with Gasteiger partial charge < -0.3 is 5.41 Å². The molecule has 0 aliphatic carbocycles. The summed E-state index contributed by atoms with van der Waals surface area (Å²) in [5.74, 6) is 0.634. The molecule has 0 radical (unpaired) electrons. The number of hydrogen-bond acceptors (Lipinski definition) is 2. The Balaban J connectivity index is 3.81. The van der Waals surface area contributed by atoms with Crippen LogP contribution in [-0.4, -0.2) is 18.5 Å². The summed E-state index contributed by atoms with van der Waals surface area (Å²) in [6.07, 6.45) is 7.62. The summed E-state index contributed by atoms with van der Waals surface area (Å²) in [6.45, 7) is 6.48. The van der Waals surface area contributed by atoms with Crippen LogP contribution in [0.1, 0.15) is 27.2 Å². The van der Waals surface area contributed by atoms with Gasteiger partial charge in [-0.05, 0) is 25.0 Å². The first-order valence-electron chi connectivity index (χ1n) is 4.41. The van der Waals surface area contributed by atoms with E-state index in [0.29, 0.717) is 12.0 Å². The lowest BCUT2D eigenvalue weighted by Gasteiger charge is -2.12. The molecule has 0 amide bonds. The predicted molar refractivity (Wildman–Crippen MR) is 55.3 cm³/mol. The number of aliphatic imine (C=N–C) groups is 1. The monoisotopic (exact) mass is 166 g/mol. The zero-order valence-corrected chi connectivity index (χ0v) is 8.12. The maximum absolute atomic E-state index is 6.74. The van der Waals surface area contributed by atoms with E-state index in [1.54, 1.807) is 18.4 Å². The van der Waals surface area contributed by atoms with Gasteiger partial charge in [0.1, 0.15) is 0 Å². The van der Waals surface area contributed by atoms with Crippen molar-refractivity contribution in [2.24, 2.45) is 10.9 Å². The fraction of sp³-hybridized carbons (Fsp3) is 0.600. The molecule has 2 atom stereocenters. The van der Waals surface area contributed by atoms with Crippen molar-refractivity contribution < 1.29 is 0 Å². The topological polar surface area (TPSA) is 36.2 Å². The van der Waals surface area contributed by atoms with Crippen molar-refractivity contribution in [3.05, 3.63) is 12.2 Å². The third kappa shape index (κ3) is 4.83. The van der Waals surface area contributed by atoms with Crippen LogP contribution in [-0.2, 0) is 0 Å². The van der Waals surface area contributed by atoms with Crippen molar-refractivity contribution in [1.82, 2.24) is 0 Å². The quantitative estimate of drug-likeness (QED) is 0.610. The fourth-order valence-electron chi connectivity index (χ4n) is 0.779. The van der Waals surface area contributed by atoms with Crippen LogP contribution in [0.2, 0.25) is 0 Å². The third-order valence-electron chi connectivity index (χ3n) is 2.08. The van der Waals surface area contributed by atoms with Crippen LogP contribution in [0.25, 0.3) is 0 Å². The molecule has 2 heteroatoms. The van der Waals surface area contributed by atoms with Crippen molar-refractivity contribution >= 4 is 12.4 Å². The van der Waals surface area contributed by atoms with Crippen LogP contribution in [0.4, 0.5) is 0 Å². The highest BCUT2D eigenvalue weighted by atomic mass is 14.8.